The predicted molar refractivity (Wildman–Crippen MR) is 218 cm³/mol. The van der Waals surface area contributed by atoms with Crippen LogP contribution in [0.5, 0.6) is 0 Å². The lowest BCUT2D eigenvalue weighted by Crippen LogP contribution is -2.02. The highest BCUT2D eigenvalue weighted by atomic mass is 32.1. The molecule has 0 fully saturated rings. The molecule has 0 saturated heterocycles. The molecule has 1 aliphatic rings. The summed E-state index contributed by atoms with van der Waals surface area (Å²) in [6, 6.07) is 51.8. The van der Waals surface area contributed by atoms with Gasteiger partial charge in [-0.25, -0.2) is 15.0 Å². The number of fused-ring (bicyclic) bond motifs is 9. The van der Waals surface area contributed by atoms with Crippen LogP contribution in [0.25, 0.3) is 99.4 Å². The van der Waals surface area contributed by atoms with Crippen LogP contribution in [-0.2, 0) is 6.42 Å². The Hall–Kier alpha value is -6.43. The maximum Gasteiger partial charge on any atom is 0.164 e. The largest absolute Gasteiger partial charge is 0.308 e. The van der Waals surface area contributed by atoms with Gasteiger partial charge in [0, 0.05) is 53.2 Å². The maximum absolute atomic E-state index is 5.31. The van der Waals surface area contributed by atoms with Gasteiger partial charge in [-0.15, -0.1) is 11.3 Å². The Morgan fingerprint density at radius 2 is 1.25 bits per heavy atom. The van der Waals surface area contributed by atoms with Crippen LogP contribution in [0.2, 0.25) is 0 Å². The predicted octanol–water partition coefficient (Wildman–Crippen LogP) is 12.5. The molecule has 0 bridgehead atoms. The molecule has 244 valence electrons. The average Bonchev–Trinajstić information content (AvgIpc) is 3.77. The van der Waals surface area contributed by atoms with Crippen molar-refractivity contribution >= 4 is 70.8 Å². The summed E-state index contributed by atoms with van der Waals surface area (Å²) in [6.07, 6.45) is 6.72. The Balaban J connectivity index is 1.19. The molecule has 1 aliphatic carbocycles. The molecule has 11 rings (SSSR count). The molecule has 0 N–H and O–H groups in total. The monoisotopic (exact) mass is 682 g/mol. The minimum absolute atomic E-state index is 0.663. The zero-order valence-electron chi connectivity index (χ0n) is 28.1. The Bertz CT molecular complexity index is 3080. The molecule has 10 aromatic rings. The fraction of sp³-hybridized carbons (Fsp3) is 0.0426. The first-order valence-corrected chi connectivity index (χ1v) is 18.6. The number of para-hydroxylation sites is 1. The number of rotatable bonds is 4. The van der Waals surface area contributed by atoms with Gasteiger partial charge < -0.3 is 4.57 Å². The van der Waals surface area contributed by atoms with Crippen molar-refractivity contribution in [2.24, 2.45) is 0 Å². The summed E-state index contributed by atoms with van der Waals surface area (Å²) in [6.45, 7) is 0. The van der Waals surface area contributed by atoms with Gasteiger partial charge in [0.25, 0.3) is 0 Å². The standard InChI is InChI=1S/C47H30N4S/c1-2-14-30(15-3-1)45-48-46(50-47(49-45)38-21-12-24-42-43(38)37-20-9-11-23-41(37)52-42)36-27-28-40(33-18-7-6-17-32(33)36)51-39-22-10-8-19-34(39)35-26-25-29-13-4-5-16-31(29)44(35)51/h1-10,12-22,24-28H,11,23H2. The Morgan fingerprint density at radius 3 is 2.13 bits per heavy atom. The third-order valence-electron chi connectivity index (χ3n) is 10.5. The van der Waals surface area contributed by atoms with Crippen molar-refractivity contribution in [2.75, 3.05) is 0 Å². The van der Waals surface area contributed by atoms with E-state index in [2.05, 4.69) is 144 Å². The normalized spacial score (nSPS) is 12.8. The Kier molecular flexibility index (Phi) is 6.51. The van der Waals surface area contributed by atoms with Crippen LogP contribution in [0.1, 0.15) is 16.9 Å². The highest BCUT2D eigenvalue weighted by molar-refractivity contribution is 7.19. The van der Waals surface area contributed by atoms with Gasteiger partial charge in [-0.05, 0) is 53.4 Å². The molecule has 4 nitrogen and oxygen atoms in total. The number of aromatic nitrogens is 4. The van der Waals surface area contributed by atoms with E-state index in [1.807, 2.05) is 29.5 Å². The Labute approximate surface area is 304 Å². The molecule has 7 aromatic carbocycles. The first-order chi connectivity index (χ1) is 25.8. The minimum Gasteiger partial charge on any atom is -0.308 e. The van der Waals surface area contributed by atoms with Crippen LogP contribution in [0.15, 0.2) is 152 Å². The van der Waals surface area contributed by atoms with Crippen molar-refractivity contribution in [3.63, 3.8) is 0 Å². The minimum atomic E-state index is 0.663. The third-order valence-corrected chi connectivity index (χ3v) is 11.7. The highest BCUT2D eigenvalue weighted by Gasteiger charge is 2.22. The van der Waals surface area contributed by atoms with E-state index in [1.54, 1.807) is 0 Å². The summed E-state index contributed by atoms with van der Waals surface area (Å²) in [5, 5.41) is 8.41. The maximum atomic E-state index is 5.31. The molecule has 0 atom stereocenters. The van der Waals surface area contributed by atoms with Crippen LogP contribution in [0.3, 0.4) is 0 Å². The molecule has 5 heteroatoms. The number of allylic oxidation sites excluding steroid dienone is 1. The van der Waals surface area contributed by atoms with E-state index in [9.17, 15) is 0 Å². The number of hydrogen-bond acceptors (Lipinski definition) is 4. The second-order valence-electron chi connectivity index (χ2n) is 13.4. The van der Waals surface area contributed by atoms with Crippen LogP contribution >= 0.6 is 11.3 Å². The lowest BCUT2D eigenvalue weighted by Gasteiger charge is -2.16. The zero-order valence-corrected chi connectivity index (χ0v) is 28.9. The average molecular weight is 683 g/mol. The molecule has 0 aliphatic heterocycles. The summed E-state index contributed by atoms with van der Waals surface area (Å²) in [7, 11) is 0. The molecule has 3 aromatic heterocycles. The first kappa shape index (κ1) is 29.3. The number of nitrogens with zero attached hydrogens (tertiary/aromatic N) is 4. The van der Waals surface area contributed by atoms with E-state index in [4.69, 9.17) is 15.0 Å². The third kappa shape index (κ3) is 4.43. The summed E-state index contributed by atoms with van der Waals surface area (Å²) in [5.74, 6) is 2.02. The summed E-state index contributed by atoms with van der Waals surface area (Å²) in [4.78, 5) is 17.1. The number of thiophene rings is 1. The molecular formula is C47H30N4S. The van der Waals surface area contributed by atoms with E-state index in [0.29, 0.717) is 17.5 Å². The molecule has 0 unspecified atom stereocenters. The molecule has 0 radical (unpaired) electrons. The molecule has 0 amide bonds. The van der Waals surface area contributed by atoms with Gasteiger partial charge in [-0.2, -0.15) is 0 Å². The van der Waals surface area contributed by atoms with Gasteiger partial charge >= 0.3 is 0 Å². The fourth-order valence-electron chi connectivity index (χ4n) is 8.17. The van der Waals surface area contributed by atoms with E-state index >= 15 is 0 Å². The summed E-state index contributed by atoms with van der Waals surface area (Å²) < 4.78 is 3.71. The summed E-state index contributed by atoms with van der Waals surface area (Å²) >= 11 is 1.89. The van der Waals surface area contributed by atoms with Crippen molar-refractivity contribution in [1.82, 2.24) is 19.5 Å². The topological polar surface area (TPSA) is 43.6 Å². The number of benzene rings is 7. The van der Waals surface area contributed by atoms with Gasteiger partial charge in [-0.3, -0.25) is 0 Å². The van der Waals surface area contributed by atoms with Crippen molar-refractivity contribution in [2.45, 2.75) is 12.8 Å². The second kappa shape index (κ2) is 11.6. The first-order valence-electron chi connectivity index (χ1n) is 17.8. The molecule has 52 heavy (non-hydrogen) atoms. The van der Waals surface area contributed by atoms with Gasteiger partial charge in [-0.1, -0.05) is 133 Å². The number of hydrogen-bond donors (Lipinski definition) is 0. The number of aryl methyl sites for hydroxylation is 1. The van der Waals surface area contributed by atoms with Gasteiger partial charge in [0.1, 0.15) is 0 Å². The van der Waals surface area contributed by atoms with Gasteiger partial charge in [0.05, 0.1) is 16.7 Å². The molecule has 3 heterocycles. The van der Waals surface area contributed by atoms with Crippen LogP contribution < -0.4 is 0 Å². The highest BCUT2D eigenvalue weighted by Crippen LogP contribution is 2.43. The van der Waals surface area contributed by atoms with E-state index < -0.39 is 0 Å². The lowest BCUT2D eigenvalue weighted by atomic mass is 9.98. The van der Waals surface area contributed by atoms with E-state index in [0.717, 1.165) is 46.0 Å². The molecule has 0 saturated carbocycles. The fourth-order valence-corrected chi connectivity index (χ4v) is 9.41. The molecular weight excluding hydrogens is 653 g/mol. The van der Waals surface area contributed by atoms with Gasteiger partial charge in [0.2, 0.25) is 0 Å². The van der Waals surface area contributed by atoms with Crippen molar-refractivity contribution < 1.29 is 0 Å². The van der Waals surface area contributed by atoms with Crippen LogP contribution in [0.4, 0.5) is 0 Å². The second-order valence-corrected chi connectivity index (χ2v) is 14.6. The SMILES string of the molecule is C1=Cc2c(sc3cccc(-c4nc(-c5ccccc5)nc(-c5ccc(-n6c7ccccc7c7ccc8ccccc8c76)c6ccccc56)n4)c23)CC1. The van der Waals surface area contributed by atoms with E-state index in [1.165, 1.54) is 53.1 Å². The quantitative estimate of drug-likeness (QED) is 0.186. The van der Waals surface area contributed by atoms with Crippen LogP contribution in [0, 0.1) is 0 Å². The van der Waals surface area contributed by atoms with Crippen molar-refractivity contribution in [3.8, 4) is 39.9 Å². The van der Waals surface area contributed by atoms with Gasteiger partial charge in [0.15, 0.2) is 17.5 Å². The van der Waals surface area contributed by atoms with Crippen molar-refractivity contribution in [3.05, 3.63) is 162 Å². The van der Waals surface area contributed by atoms with Crippen LogP contribution in [-0.4, -0.2) is 19.5 Å². The summed E-state index contributed by atoms with van der Waals surface area (Å²) in [5.41, 5.74) is 7.81. The van der Waals surface area contributed by atoms with E-state index in [-0.39, 0.29) is 0 Å². The lowest BCUT2D eigenvalue weighted by molar-refractivity contribution is 1.02. The Morgan fingerprint density at radius 1 is 0.519 bits per heavy atom. The van der Waals surface area contributed by atoms with Crippen molar-refractivity contribution in [1.29, 1.82) is 0 Å². The zero-order chi connectivity index (χ0) is 34.2. The molecule has 0 spiro atoms. The smallest absolute Gasteiger partial charge is 0.164 e.